The number of hydrogen-bond acceptors (Lipinski definition) is 6. The Morgan fingerprint density at radius 3 is 2.28 bits per heavy atom. The molecule has 0 saturated carbocycles. The Bertz CT molecular complexity index is 1010. The van der Waals surface area contributed by atoms with Crippen LogP contribution in [0.1, 0.15) is 38.8 Å². The van der Waals surface area contributed by atoms with Gasteiger partial charge in [0, 0.05) is 7.05 Å². The maximum atomic E-state index is 12.2. The first-order valence-corrected chi connectivity index (χ1v) is 11.8. The van der Waals surface area contributed by atoms with Gasteiger partial charge in [-0.2, -0.15) is 0 Å². The molecule has 2 aromatic carbocycles. The van der Waals surface area contributed by atoms with Crippen molar-refractivity contribution in [2.45, 2.75) is 33.1 Å². The summed E-state index contributed by atoms with van der Waals surface area (Å²) in [5.41, 5.74) is 2.24. The fourth-order valence-electron chi connectivity index (χ4n) is 3.06. The third-order valence-electron chi connectivity index (χ3n) is 4.88. The normalized spacial score (nSPS) is 15.4. The Morgan fingerprint density at radius 1 is 1.00 bits per heavy atom. The number of carbonyl (C=O) groups is 1. The molecule has 2 aromatic rings. The summed E-state index contributed by atoms with van der Waals surface area (Å²) in [5, 5.41) is 0. The lowest BCUT2D eigenvalue weighted by atomic mass is 9.87. The van der Waals surface area contributed by atoms with Crippen LogP contribution in [-0.4, -0.2) is 42.0 Å². The van der Waals surface area contributed by atoms with Crippen molar-refractivity contribution in [3.8, 4) is 17.2 Å². The van der Waals surface area contributed by atoms with E-state index in [1.165, 1.54) is 22.2 Å². The van der Waals surface area contributed by atoms with Gasteiger partial charge in [-0.3, -0.25) is 9.69 Å². The summed E-state index contributed by atoms with van der Waals surface area (Å²) in [6, 6.07) is 13.8. The number of nitrogens with zero attached hydrogens (tertiary/aromatic N) is 1. The van der Waals surface area contributed by atoms with Gasteiger partial charge in [-0.05, 0) is 53.8 Å². The summed E-state index contributed by atoms with van der Waals surface area (Å²) in [7, 11) is 1.68. The van der Waals surface area contributed by atoms with Gasteiger partial charge >= 0.3 is 0 Å². The fourth-order valence-corrected chi connectivity index (χ4v) is 4.24. The molecule has 170 valence electrons. The molecule has 0 radical (unpaired) electrons. The van der Waals surface area contributed by atoms with E-state index in [0.717, 1.165) is 11.3 Å². The van der Waals surface area contributed by atoms with Gasteiger partial charge in [0.2, 0.25) is 0 Å². The Kier molecular flexibility index (Phi) is 7.85. The van der Waals surface area contributed by atoms with Crippen molar-refractivity contribution in [3.63, 3.8) is 0 Å². The van der Waals surface area contributed by atoms with Crippen molar-refractivity contribution < 1.29 is 19.0 Å². The molecule has 0 aromatic heterocycles. The van der Waals surface area contributed by atoms with Crippen molar-refractivity contribution in [1.29, 1.82) is 0 Å². The van der Waals surface area contributed by atoms with Crippen molar-refractivity contribution in [2.75, 3.05) is 26.9 Å². The lowest BCUT2D eigenvalue weighted by Gasteiger charge is -2.19. The van der Waals surface area contributed by atoms with Crippen LogP contribution in [0.15, 0.2) is 47.4 Å². The van der Waals surface area contributed by atoms with Gasteiger partial charge in [0.05, 0.1) is 11.5 Å². The summed E-state index contributed by atoms with van der Waals surface area (Å²) in [5.74, 6) is 1.99. The quantitative estimate of drug-likeness (QED) is 0.281. The van der Waals surface area contributed by atoms with E-state index in [-0.39, 0.29) is 11.3 Å². The van der Waals surface area contributed by atoms with Crippen molar-refractivity contribution >= 4 is 40.3 Å². The second-order valence-corrected chi connectivity index (χ2v) is 10.0. The van der Waals surface area contributed by atoms with Crippen LogP contribution in [0.25, 0.3) is 6.08 Å². The zero-order valence-electron chi connectivity index (χ0n) is 19.1. The fraction of sp³-hybridized carbons (Fsp3) is 0.360. The molecule has 1 aliphatic heterocycles. The molecule has 1 fully saturated rings. The summed E-state index contributed by atoms with van der Waals surface area (Å²) < 4.78 is 18.0. The molecule has 32 heavy (non-hydrogen) atoms. The third kappa shape index (κ3) is 6.04. The van der Waals surface area contributed by atoms with Crippen molar-refractivity contribution in [1.82, 2.24) is 4.90 Å². The SMILES string of the molecule is CCOc1cc(/C=C2/SC(=S)N(C)C2=O)ccc1OCCOc1ccc(C(C)(C)C)cc1. The first-order chi connectivity index (χ1) is 15.2. The van der Waals surface area contributed by atoms with Gasteiger partial charge in [-0.1, -0.05) is 63.0 Å². The van der Waals surface area contributed by atoms with E-state index in [1.54, 1.807) is 7.05 Å². The molecule has 0 spiro atoms. The molecule has 7 heteroatoms. The zero-order valence-corrected chi connectivity index (χ0v) is 20.8. The number of thiocarbonyl (C=S) groups is 1. The Morgan fingerprint density at radius 2 is 1.69 bits per heavy atom. The Labute approximate surface area is 199 Å². The molecule has 0 N–H and O–H groups in total. The molecule has 0 atom stereocenters. The standard InChI is InChI=1S/C25H29NO4S2/c1-6-28-21-15-17(16-22-23(27)26(5)24(31)32-22)7-12-20(21)30-14-13-29-19-10-8-18(9-11-19)25(2,3)4/h7-12,15-16H,6,13-14H2,1-5H3/b22-16+. The highest BCUT2D eigenvalue weighted by molar-refractivity contribution is 8.26. The molecule has 3 rings (SSSR count). The molecular formula is C25H29NO4S2. The van der Waals surface area contributed by atoms with Crippen molar-refractivity contribution in [2.24, 2.45) is 0 Å². The van der Waals surface area contributed by atoms with Gasteiger partial charge < -0.3 is 14.2 Å². The molecule has 0 aliphatic carbocycles. The summed E-state index contributed by atoms with van der Waals surface area (Å²) in [6.45, 7) is 9.79. The number of rotatable bonds is 8. The van der Waals surface area contributed by atoms with E-state index in [0.29, 0.717) is 40.5 Å². The molecule has 1 heterocycles. The molecule has 1 saturated heterocycles. The predicted octanol–water partition coefficient (Wildman–Crippen LogP) is 5.67. The number of carbonyl (C=O) groups excluding carboxylic acids is 1. The van der Waals surface area contributed by atoms with Gasteiger partial charge in [0.15, 0.2) is 11.5 Å². The first kappa shape index (κ1) is 24.1. The van der Waals surface area contributed by atoms with Crippen LogP contribution >= 0.6 is 24.0 Å². The third-order valence-corrected chi connectivity index (χ3v) is 6.37. The highest BCUT2D eigenvalue weighted by Crippen LogP contribution is 2.34. The molecule has 5 nitrogen and oxygen atoms in total. The Hall–Kier alpha value is -2.51. The number of likely N-dealkylation sites (N-methyl/N-ethyl adjacent to an activating group) is 1. The first-order valence-electron chi connectivity index (χ1n) is 10.5. The lowest BCUT2D eigenvalue weighted by molar-refractivity contribution is -0.121. The lowest BCUT2D eigenvalue weighted by Crippen LogP contribution is -2.22. The van der Waals surface area contributed by atoms with Crippen LogP contribution < -0.4 is 14.2 Å². The van der Waals surface area contributed by atoms with Crippen molar-refractivity contribution in [3.05, 3.63) is 58.5 Å². The van der Waals surface area contributed by atoms with E-state index < -0.39 is 0 Å². The minimum atomic E-state index is -0.0917. The average molecular weight is 472 g/mol. The topological polar surface area (TPSA) is 48.0 Å². The van der Waals surface area contributed by atoms with E-state index in [4.69, 9.17) is 26.4 Å². The van der Waals surface area contributed by atoms with Crippen LogP contribution in [0.2, 0.25) is 0 Å². The van der Waals surface area contributed by atoms with Crippen LogP contribution in [0.4, 0.5) is 0 Å². The molecule has 1 aliphatic rings. The van der Waals surface area contributed by atoms with E-state index in [1.807, 2.05) is 43.3 Å². The van der Waals surface area contributed by atoms with E-state index in [9.17, 15) is 4.79 Å². The molecule has 0 bridgehead atoms. The number of hydrogen-bond donors (Lipinski definition) is 0. The maximum Gasteiger partial charge on any atom is 0.265 e. The minimum absolute atomic E-state index is 0.0917. The van der Waals surface area contributed by atoms with E-state index >= 15 is 0 Å². The number of thioether (sulfide) groups is 1. The monoisotopic (exact) mass is 471 g/mol. The van der Waals surface area contributed by atoms with Gasteiger partial charge in [-0.15, -0.1) is 0 Å². The number of ether oxygens (including phenoxy) is 3. The zero-order chi connectivity index (χ0) is 23.3. The Balaban J connectivity index is 1.60. The summed E-state index contributed by atoms with van der Waals surface area (Å²) in [6.07, 6.45) is 1.82. The maximum absolute atomic E-state index is 12.2. The molecular weight excluding hydrogens is 442 g/mol. The van der Waals surface area contributed by atoms with Crippen LogP contribution in [0, 0.1) is 0 Å². The predicted molar refractivity (Wildman–Crippen MR) is 135 cm³/mol. The summed E-state index contributed by atoms with van der Waals surface area (Å²) in [4.78, 5) is 14.3. The molecule has 0 unspecified atom stereocenters. The minimum Gasteiger partial charge on any atom is -0.490 e. The molecule has 1 amide bonds. The van der Waals surface area contributed by atoms with Gasteiger partial charge in [0.1, 0.15) is 23.3 Å². The van der Waals surface area contributed by atoms with Crippen LogP contribution in [-0.2, 0) is 10.2 Å². The largest absolute Gasteiger partial charge is 0.490 e. The second-order valence-electron chi connectivity index (χ2n) is 8.35. The second kappa shape index (κ2) is 10.4. The van der Waals surface area contributed by atoms with E-state index in [2.05, 4.69) is 32.9 Å². The average Bonchev–Trinajstić information content (AvgIpc) is 2.99. The highest BCUT2D eigenvalue weighted by atomic mass is 32.2. The van der Waals surface area contributed by atoms with Crippen LogP contribution in [0.5, 0.6) is 17.2 Å². The van der Waals surface area contributed by atoms with Crippen LogP contribution in [0.3, 0.4) is 0 Å². The highest BCUT2D eigenvalue weighted by Gasteiger charge is 2.28. The van der Waals surface area contributed by atoms with Gasteiger partial charge in [-0.25, -0.2) is 0 Å². The van der Waals surface area contributed by atoms with Gasteiger partial charge in [0.25, 0.3) is 5.91 Å². The number of benzene rings is 2. The summed E-state index contributed by atoms with van der Waals surface area (Å²) >= 11 is 6.49. The number of amides is 1. The smallest absolute Gasteiger partial charge is 0.265 e.